The van der Waals surface area contributed by atoms with E-state index in [1.165, 1.54) is 0 Å². The normalized spacial score (nSPS) is 16.0. The highest BCUT2D eigenvalue weighted by molar-refractivity contribution is 8.03. The first-order valence-corrected chi connectivity index (χ1v) is 10.1. The van der Waals surface area contributed by atoms with E-state index in [0.29, 0.717) is 22.0 Å². The standard InChI is InChI=1S/C22H21N3O3S/c1-14-6-8-15(9-7-14)18-11-20(26)25-22(19(18)12-23)29-13-21(27)24-16-4-3-5-17(10-16)28-2/h3-10,18H,11,13H2,1-2H3,(H,24,27)(H,25,26)/t18-/m1/s1. The van der Waals surface area contributed by atoms with Crippen molar-refractivity contribution in [1.29, 1.82) is 5.26 Å². The first-order valence-electron chi connectivity index (χ1n) is 9.07. The second-order valence-corrected chi connectivity index (χ2v) is 7.62. The van der Waals surface area contributed by atoms with Gasteiger partial charge in [0.15, 0.2) is 0 Å². The Morgan fingerprint density at radius 1 is 1.31 bits per heavy atom. The molecular formula is C22H21N3O3S. The number of carbonyl (C=O) groups is 2. The van der Waals surface area contributed by atoms with Crippen LogP contribution in [-0.2, 0) is 9.59 Å². The van der Waals surface area contributed by atoms with Crippen LogP contribution in [0.1, 0.15) is 23.5 Å². The second kappa shape index (κ2) is 9.30. The summed E-state index contributed by atoms with van der Waals surface area (Å²) in [4.78, 5) is 24.5. The van der Waals surface area contributed by atoms with Crippen molar-refractivity contribution in [1.82, 2.24) is 5.32 Å². The second-order valence-electron chi connectivity index (χ2n) is 6.64. The third-order valence-electron chi connectivity index (χ3n) is 4.54. The van der Waals surface area contributed by atoms with Gasteiger partial charge in [-0.05, 0) is 24.6 Å². The molecule has 2 N–H and O–H groups in total. The monoisotopic (exact) mass is 407 g/mol. The predicted octanol–water partition coefficient (Wildman–Crippen LogP) is 3.71. The number of nitrogens with one attached hydrogen (secondary N) is 2. The molecule has 2 aromatic carbocycles. The number of nitriles is 1. The minimum Gasteiger partial charge on any atom is -0.497 e. The molecule has 0 saturated carbocycles. The molecule has 0 spiro atoms. The molecule has 148 valence electrons. The van der Waals surface area contributed by atoms with Gasteiger partial charge in [-0.3, -0.25) is 9.59 Å². The summed E-state index contributed by atoms with van der Waals surface area (Å²) in [5.41, 5.74) is 3.13. The van der Waals surface area contributed by atoms with Crippen LogP contribution in [0.2, 0.25) is 0 Å². The topological polar surface area (TPSA) is 91.2 Å². The van der Waals surface area contributed by atoms with Crippen LogP contribution >= 0.6 is 11.8 Å². The molecule has 1 atom stereocenters. The van der Waals surface area contributed by atoms with E-state index in [4.69, 9.17) is 4.74 Å². The van der Waals surface area contributed by atoms with Crippen LogP contribution in [0.15, 0.2) is 59.1 Å². The van der Waals surface area contributed by atoms with Crippen molar-refractivity contribution in [3.63, 3.8) is 0 Å². The zero-order valence-electron chi connectivity index (χ0n) is 16.2. The summed E-state index contributed by atoms with van der Waals surface area (Å²) in [5.74, 6) is 0.00672. The lowest BCUT2D eigenvalue weighted by molar-refractivity contribution is -0.121. The van der Waals surface area contributed by atoms with Crippen molar-refractivity contribution in [2.75, 3.05) is 18.2 Å². The molecule has 0 saturated heterocycles. The van der Waals surface area contributed by atoms with E-state index in [9.17, 15) is 14.9 Å². The summed E-state index contributed by atoms with van der Waals surface area (Å²) in [7, 11) is 1.56. The van der Waals surface area contributed by atoms with Gasteiger partial charge in [0.1, 0.15) is 5.75 Å². The third kappa shape index (κ3) is 5.18. The number of allylic oxidation sites excluding steroid dienone is 1. The van der Waals surface area contributed by atoms with E-state index in [-0.39, 0.29) is 29.9 Å². The van der Waals surface area contributed by atoms with Gasteiger partial charge in [-0.1, -0.05) is 47.7 Å². The molecule has 3 rings (SSSR count). The minimum absolute atomic E-state index is 0.0681. The summed E-state index contributed by atoms with van der Waals surface area (Å²) in [6, 6.07) is 17.1. The predicted molar refractivity (Wildman–Crippen MR) is 113 cm³/mol. The number of aryl methyl sites for hydroxylation is 1. The van der Waals surface area contributed by atoms with Gasteiger partial charge in [0.25, 0.3) is 0 Å². The van der Waals surface area contributed by atoms with Crippen LogP contribution < -0.4 is 15.4 Å². The number of hydrogen-bond acceptors (Lipinski definition) is 5. The molecule has 0 unspecified atom stereocenters. The number of thioether (sulfide) groups is 1. The molecule has 2 aromatic rings. The smallest absolute Gasteiger partial charge is 0.234 e. The molecule has 1 aliphatic heterocycles. The maximum atomic E-state index is 12.3. The number of amides is 2. The summed E-state index contributed by atoms with van der Waals surface area (Å²) < 4.78 is 5.15. The Kier molecular flexibility index (Phi) is 6.57. The fraction of sp³-hybridized carbons (Fsp3) is 0.227. The lowest BCUT2D eigenvalue weighted by Gasteiger charge is -2.25. The number of anilines is 1. The van der Waals surface area contributed by atoms with Gasteiger partial charge in [0.05, 0.1) is 29.5 Å². The number of ether oxygens (including phenoxy) is 1. The van der Waals surface area contributed by atoms with E-state index in [0.717, 1.165) is 22.9 Å². The summed E-state index contributed by atoms with van der Waals surface area (Å²) in [5, 5.41) is 15.7. The Bertz CT molecular complexity index is 993. The Morgan fingerprint density at radius 3 is 2.76 bits per heavy atom. The molecular weight excluding hydrogens is 386 g/mol. The van der Waals surface area contributed by atoms with Crippen molar-refractivity contribution in [3.8, 4) is 11.8 Å². The van der Waals surface area contributed by atoms with Crippen LogP contribution in [0.3, 0.4) is 0 Å². The Hall–Kier alpha value is -3.24. The third-order valence-corrected chi connectivity index (χ3v) is 5.55. The van der Waals surface area contributed by atoms with Crippen LogP contribution in [0.4, 0.5) is 5.69 Å². The molecule has 1 aliphatic rings. The van der Waals surface area contributed by atoms with Gasteiger partial charge in [-0.25, -0.2) is 0 Å². The number of methoxy groups -OCH3 is 1. The zero-order valence-corrected chi connectivity index (χ0v) is 17.0. The molecule has 0 fully saturated rings. The highest BCUT2D eigenvalue weighted by atomic mass is 32.2. The highest BCUT2D eigenvalue weighted by Gasteiger charge is 2.29. The molecule has 29 heavy (non-hydrogen) atoms. The number of nitrogens with zero attached hydrogens (tertiary/aromatic N) is 1. The number of benzene rings is 2. The summed E-state index contributed by atoms with van der Waals surface area (Å²) >= 11 is 1.15. The van der Waals surface area contributed by atoms with E-state index < -0.39 is 0 Å². The lowest BCUT2D eigenvalue weighted by Crippen LogP contribution is -2.31. The Labute approximate surface area is 173 Å². The lowest BCUT2D eigenvalue weighted by atomic mass is 9.87. The van der Waals surface area contributed by atoms with Crippen LogP contribution in [0.5, 0.6) is 5.75 Å². The van der Waals surface area contributed by atoms with Crippen molar-refractivity contribution in [2.45, 2.75) is 19.3 Å². The molecule has 0 aromatic heterocycles. The average molecular weight is 407 g/mol. The van der Waals surface area contributed by atoms with E-state index in [1.807, 2.05) is 31.2 Å². The molecule has 2 amide bonds. The Morgan fingerprint density at radius 2 is 2.07 bits per heavy atom. The highest BCUT2D eigenvalue weighted by Crippen LogP contribution is 2.36. The van der Waals surface area contributed by atoms with Gasteiger partial charge >= 0.3 is 0 Å². The van der Waals surface area contributed by atoms with Crippen molar-refractivity contribution < 1.29 is 14.3 Å². The number of carbonyl (C=O) groups excluding carboxylic acids is 2. The average Bonchev–Trinajstić information content (AvgIpc) is 2.72. The van der Waals surface area contributed by atoms with Crippen molar-refractivity contribution in [2.24, 2.45) is 0 Å². The van der Waals surface area contributed by atoms with E-state index >= 15 is 0 Å². The van der Waals surface area contributed by atoms with E-state index in [1.54, 1.807) is 31.4 Å². The Balaban J connectivity index is 1.73. The maximum absolute atomic E-state index is 12.3. The van der Waals surface area contributed by atoms with Crippen LogP contribution in [0, 0.1) is 18.3 Å². The van der Waals surface area contributed by atoms with Crippen molar-refractivity contribution >= 4 is 29.3 Å². The first kappa shape index (κ1) is 20.5. The van der Waals surface area contributed by atoms with Crippen LogP contribution in [-0.4, -0.2) is 24.7 Å². The van der Waals surface area contributed by atoms with E-state index in [2.05, 4.69) is 16.7 Å². The summed E-state index contributed by atoms with van der Waals surface area (Å²) in [6.45, 7) is 1.99. The number of hydrogen-bond donors (Lipinski definition) is 2. The zero-order chi connectivity index (χ0) is 20.8. The molecule has 0 aliphatic carbocycles. The van der Waals surface area contributed by atoms with Gasteiger partial charge in [0.2, 0.25) is 11.8 Å². The number of rotatable bonds is 6. The van der Waals surface area contributed by atoms with Gasteiger partial charge in [0, 0.05) is 24.1 Å². The quantitative estimate of drug-likeness (QED) is 0.762. The molecule has 6 nitrogen and oxygen atoms in total. The van der Waals surface area contributed by atoms with Gasteiger partial charge in [-0.15, -0.1) is 0 Å². The summed E-state index contributed by atoms with van der Waals surface area (Å²) in [6.07, 6.45) is 0.214. The fourth-order valence-electron chi connectivity index (χ4n) is 3.05. The minimum atomic E-state index is -0.307. The first-order chi connectivity index (χ1) is 14.0. The van der Waals surface area contributed by atoms with Crippen molar-refractivity contribution in [3.05, 3.63) is 70.3 Å². The SMILES string of the molecule is COc1cccc(NC(=O)CSC2=C(C#N)[C@@H](c3ccc(C)cc3)CC(=O)N2)c1. The largest absolute Gasteiger partial charge is 0.497 e. The molecule has 0 radical (unpaired) electrons. The van der Waals surface area contributed by atoms with Gasteiger partial charge in [-0.2, -0.15) is 5.26 Å². The molecule has 0 bridgehead atoms. The van der Waals surface area contributed by atoms with Gasteiger partial charge < -0.3 is 15.4 Å². The maximum Gasteiger partial charge on any atom is 0.234 e. The van der Waals surface area contributed by atoms with Crippen LogP contribution in [0.25, 0.3) is 0 Å². The molecule has 7 heteroatoms. The fourth-order valence-corrected chi connectivity index (χ4v) is 3.93. The molecule has 1 heterocycles.